The smallest absolute Gasteiger partial charge is 0.317 e. The summed E-state index contributed by atoms with van der Waals surface area (Å²) in [6.07, 6.45) is 6.90. The summed E-state index contributed by atoms with van der Waals surface area (Å²) in [6, 6.07) is 8.71. The van der Waals surface area contributed by atoms with Gasteiger partial charge in [0.2, 0.25) is 0 Å². The minimum absolute atomic E-state index is 0.0498. The summed E-state index contributed by atoms with van der Waals surface area (Å²) in [7, 11) is 0. The van der Waals surface area contributed by atoms with E-state index < -0.39 is 0 Å². The summed E-state index contributed by atoms with van der Waals surface area (Å²) in [5.74, 6) is 0.779. The van der Waals surface area contributed by atoms with Crippen molar-refractivity contribution in [1.82, 2.24) is 25.2 Å². The number of thiazole rings is 1. The van der Waals surface area contributed by atoms with Crippen LogP contribution in [-0.4, -0.2) is 45.0 Å². The predicted molar refractivity (Wildman–Crippen MR) is 126 cm³/mol. The number of nitrogens with zero attached hydrogens (tertiary/aromatic N) is 4. The largest absolute Gasteiger partial charge is 0.340 e. The summed E-state index contributed by atoms with van der Waals surface area (Å²) in [5.41, 5.74) is 4.96. The van der Waals surface area contributed by atoms with Gasteiger partial charge in [-0.1, -0.05) is 6.08 Å². The number of anilines is 2. The van der Waals surface area contributed by atoms with E-state index in [0.29, 0.717) is 12.6 Å². The number of nitrogens with one attached hydrogen (secondary N) is 2. The molecule has 31 heavy (non-hydrogen) atoms. The van der Waals surface area contributed by atoms with Crippen LogP contribution in [-0.2, 0) is 0 Å². The van der Waals surface area contributed by atoms with E-state index in [4.69, 9.17) is 0 Å². The normalized spacial score (nSPS) is 16.5. The van der Waals surface area contributed by atoms with Crippen molar-refractivity contribution in [1.29, 1.82) is 0 Å². The van der Waals surface area contributed by atoms with Crippen LogP contribution < -0.4 is 10.6 Å². The molecule has 6 rings (SSSR count). The SMILES string of the molecule is O=C(NC1CC1)N1CCC=C(c2cc3c(Nc4ccc5scnc5c4)ncnc3s2)C1. The van der Waals surface area contributed by atoms with Gasteiger partial charge in [0.05, 0.1) is 21.1 Å². The Labute approximate surface area is 186 Å². The quantitative estimate of drug-likeness (QED) is 0.459. The van der Waals surface area contributed by atoms with Gasteiger partial charge in [0.15, 0.2) is 0 Å². The molecular formula is C22H20N6OS2. The van der Waals surface area contributed by atoms with E-state index in [9.17, 15) is 4.79 Å². The number of fused-ring (bicyclic) bond motifs is 2. The fraction of sp³-hybridized carbons (Fsp3) is 0.273. The first-order valence-corrected chi connectivity index (χ1v) is 12.0. The van der Waals surface area contributed by atoms with Gasteiger partial charge in [-0.25, -0.2) is 19.7 Å². The third kappa shape index (κ3) is 3.75. The molecule has 2 aliphatic rings. The Hall–Kier alpha value is -3.04. The van der Waals surface area contributed by atoms with Crippen LogP contribution in [0.2, 0.25) is 0 Å². The molecule has 156 valence electrons. The van der Waals surface area contributed by atoms with Crippen LogP contribution in [0.15, 0.2) is 42.2 Å². The Bertz CT molecular complexity index is 1320. The molecule has 0 saturated heterocycles. The standard InChI is InChI=1S/C22H20N6OS2/c29-22(27-14-3-4-14)28-7-1-2-13(10-28)19-9-16-20(23-11-24-21(16)31-19)26-15-5-6-18-17(8-15)25-12-30-18/h2,5-6,8-9,11-12,14H,1,3-4,7,10H2,(H,27,29)(H,23,24,26). The Kier molecular flexibility index (Phi) is 4.57. The minimum Gasteiger partial charge on any atom is -0.340 e. The first kappa shape index (κ1) is 18.7. The number of hydrogen-bond donors (Lipinski definition) is 2. The van der Waals surface area contributed by atoms with E-state index >= 15 is 0 Å². The van der Waals surface area contributed by atoms with Gasteiger partial charge in [-0.2, -0.15) is 0 Å². The summed E-state index contributed by atoms with van der Waals surface area (Å²) in [4.78, 5) is 29.8. The van der Waals surface area contributed by atoms with Gasteiger partial charge in [-0.15, -0.1) is 22.7 Å². The maximum absolute atomic E-state index is 12.5. The summed E-state index contributed by atoms with van der Waals surface area (Å²) < 4.78 is 1.16. The number of amides is 2. The lowest BCUT2D eigenvalue weighted by Gasteiger charge is -2.27. The maximum Gasteiger partial charge on any atom is 0.317 e. The zero-order valence-electron chi connectivity index (χ0n) is 16.7. The third-order valence-corrected chi connectivity index (χ3v) is 7.51. The molecule has 0 radical (unpaired) electrons. The molecule has 4 aromatic rings. The number of aromatic nitrogens is 3. The Morgan fingerprint density at radius 3 is 3.00 bits per heavy atom. The number of urea groups is 1. The maximum atomic E-state index is 12.5. The first-order chi connectivity index (χ1) is 15.2. The van der Waals surface area contributed by atoms with Gasteiger partial charge >= 0.3 is 6.03 Å². The molecule has 4 heterocycles. The molecule has 2 N–H and O–H groups in total. The molecule has 1 saturated carbocycles. The van der Waals surface area contributed by atoms with Gasteiger partial charge < -0.3 is 15.5 Å². The van der Waals surface area contributed by atoms with E-state index in [1.54, 1.807) is 29.0 Å². The van der Waals surface area contributed by atoms with Crippen molar-refractivity contribution in [3.63, 3.8) is 0 Å². The molecule has 0 unspecified atom stereocenters. The number of carbonyl (C=O) groups excluding carboxylic acids is 1. The lowest BCUT2D eigenvalue weighted by Crippen LogP contribution is -2.43. The van der Waals surface area contributed by atoms with Crippen LogP contribution in [0.4, 0.5) is 16.3 Å². The number of hydrogen-bond acceptors (Lipinski definition) is 7. The molecular weight excluding hydrogens is 428 g/mol. The van der Waals surface area contributed by atoms with Crippen LogP contribution in [0, 0.1) is 0 Å². The topological polar surface area (TPSA) is 83.0 Å². The molecule has 3 aromatic heterocycles. The molecule has 1 fully saturated rings. The Balaban J connectivity index is 1.27. The first-order valence-electron chi connectivity index (χ1n) is 10.3. The van der Waals surface area contributed by atoms with Crippen molar-refractivity contribution in [3.05, 3.63) is 47.1 Å². The highest BCUT2D eigenvalue weighted by Crippen LogP contribution is 2.35. The van der Waals surface area contributed by atoms with Crippen LogP contribution >= 0.6 is 22.7 Å². The molecule has 2 amide bonds. The second-order valence-electron chi connectivity index (χ2n) is 7.87. The summed E-state index contributed by atoms with van der Waals surface area (Å²) in [6.45, 7) is 1.39. The highest BCUT2D eigenvalue weighted by Gasteiger charge is 2.27. The van der Waals surface area contributed by atoms with E-state index in [1.165, 1.54) is 5.57 Å². The zero-order valence-corrected chi connectivity index (χ0v) is 18.3. The molecule has 0 bridgehead atoms. The average Bonchev–Trinajstić information content (AvgIpc) is 3.30. The number of thiophene rings is 1. The Morgan fingerprint density at radius 1 is 1.16 bits per heavy atom. The van der Waals surface area contributed by atoms with Crippen molar-refractivity contribution >= 4 is 66.2 Å². The number of carbonyl (C=O) groups is 1. The van der Waals surface area contributed by atoms with Gasteiger partial charge in [0.1, 0.15) is 17.0 Å². The molecule has 0 spiro atoms. The van der Waals surface area contributed by atoms with Crippen LogP contribution in [0.3, 0.4) is 0 Å². The van der Waals surface area contributed by atoms with E-state index in [0.717, 1.165) is 62.6 Å². The highest BCUT2D eigenvalue weighted by molar-refractivity contribution is 7.19. The Morgan fingerprint density at radius 2 is 2.10 bits per heavy atom. The van der Waals surface area contributed by atoms with E-state index in [2.05, 4.69) is 43.8 Å². The monoisotopic (exact) mass is 448 g/mol. The lowest BCUT2D eigenvalue weighted by atomic mass is 10.1. The molecule has 0 atom stereocenters. The molecule has 1 aliphatic carbocycles. The average molecular weight is 449 g/mol. The molecule has 1 aromatic carbocycles. The molecule has 9 heteroatoms. The second kappa shape index (κ2) is 7.58. The van der Waals surface area contributed by atoms with Crippen LogP contribution in [0.25, 0.3) is 26.0 Å². The fourth-order valence-electron chi connectivity index (χ4n) is 3.78. The van der Waals surface area contributed by atoms with Crippen molar-refractivity contribution < 1.29 is 4.79 Å². The van der Waals surface area contributed by atoms with Crippen LogP contribution in [0.1, 0.15) is 24.1 Å². The summed E-state index contributed by atoms with van der Waals surface area (Å²) >= 11 is 3.28. The van der Waals surface area contributed by atoms with Crippen LogP contribution in [0.5, 0.6) is 0 Å². The second-order valence-corrected chi connectivity index (χ2v) is 9.79. The van der Waals surface area contributed by atoms with Gasteiger partial charge in [0, 0.05) is 29.7 Å². The van der Waals surface area contributed by atoms with Gasteiger partial charge in [0.25, 0.3) is 0 Å². The van der Waals surface area contributed by atoms with Crippen molar-refractivity contribution in [3.8, 4) is 0 Å². The molecule has 1 aliphatic heterocycles. The lowest BCUT2D eigenvalue weighted by molar-refractivity contribution is 0.203. The van der Waals surface area contributed by atoms with Crippen molar-refractivity contribution in [2.45, 2.75) is 25.3 Å². The summed E-state index contributed by atoms with van der Waals surface area (Å²) in [5, 5.41) is 7.51. The van der Waals surface area contributed by atoms with Crippen molar-refractivity contribution in [2.75, 3.05) is 18.4 Å². The van der Waals surface area contributed by atoms with E-state index in [-0.39, 0.29) is 6.03 Å². The van der Waals surface area contributed by atoms with Gasteiger partial charge in [-0.05, 0) is 49.1 Å². The van der Waals surface area contributed by atoms with Crippen molar-refractivity contribution in [2.24, 2.45) is 0 Å². The fourth-order valence-corrected chi connectivity index (χ4v) is 5.46. The highest BCUT2D eigenvalue weighted by atomic mass is 32.1. The minimum atomic E-state index is 0.0498. The zero-order chi connectivity index (χ0) is 20.8. The molecule has 7 nitrogen and oxygen atoms in total. The third-order valence-electron chi connectivity index (χ3n) is 5.58. The number of benzene rings is 1. The predicted octanol–water partition coefficient (Wildman–Crippen LogP) is 5.01. The number of rotatable bonds is 4. The van der Waals surface area contributed by atoms with Gasteiger partial charge in [-0.3, -0.25) is 0 Å². The van der Waals surface area contributed by atoms with E-state index in [1.807, 2.05) is 22.5 Å².